The van der Waals surface area contributed by atoms with Crippen LogP contribution in [0.25, 0.3) is 12.2 Å². The van der Waals surface area contributed by atoms with Crippen molar-refractivity contribution >= 4 is 18.1 Å². The monoisotopic (exact) mass is 562 g/mol. The van der Waals surface area contributed by atoms with Crippen molar-refractivity contribution in [2.75, 3.05) is 19.8 Å². The first kappa shape index (κ1) is 29.3. The largest absolute Gasteiger partial charge is 0.491 e. The fraction of sp³-hybridized carbons (Fsp3) is 0.270. The molecule has 4 aromatic carbocycles. The highest BCUT2D eigenvalue weighted by molar-refractivity contribution is 5.76. The van der Waals surface area contributed by atoms with Crippen molar-refractivity contribution in [3.05, 3.63) is 136 Å². The Bertz CT molecular complexity index is 1510. The minimum Gasteiger partial charge on any atom is -0.491 e. The Balaban J connectivity index is 1.26. The number of hydrogen-bond acceptors (Lipinski definition) is 4. The van der Waals surface area contributed by atoms with Gasteiger partial charge in [0.25, 0.3) is 0 Å². The molecule has 0 bridgehead atoms. The lowest BCUT2D eigenvalue weighted by Crippen LogP contribution is -2.26. The predicted molar refractivity (Wildman–Crippen MR) is 167 cm³/mol. The average molecular weight is 563 g/mol. The van der Waals surface area contributed by atoms with Crippen LogP contribution in [-0.2, 0) is 33.5 Å². The van der Waals surface area contributed by atoms with Crippen molar-refractivity contribution in [3.63, 3.8) is 0 Å². The second-order valence-corrected chi connectivity index (χ2v) is 10.6. The summed E-state index contributed by atoms with van der Waals surface area (Å²) in [6.45, 7) is 5.08. The van der Waals surface area contributed by atoms with Crippen LogP contribution in [0.15, 0.2) is 91.0 Å². The van der Waals surface area contributed by atoms with Crippen molar-refractivity contribution in [2.24, 2.45) is 0 Å². The second-order valence-electron chi connectivity index (χ2n) is 10.6. The van der Waals surface area contributed by atoms with Crippen LogP contribution in [0.2, 0.25) is 0 Å². The molecule has 0 heterocycles. The molecule has 0 radical (unpaired) electrons. The van der Waals surface area contributed by atoms with Gasteiger partial charge in [0.05, 0.1) is 6.61 Å². The summed E-state index contributed by atoms with van der Waals surface area (Å²) in [5.74, 6) is -0.238. The van der Waals surface area contributed by atoms with E-state index < -0.39 is 12.1 Å². The highest BCUT2D eigenvalue weighted by Crippen LogP contribution is 2.36. The summed E-state index contributed by atoms with van der Waals surface area (Å²) < 4.78 is 17.9. The van der Waals surface area contributed by atoms with Crippen LogP contribution in [0, 0.1) is 6.92 Å². The zero-order valence-corrected chi connectivity index (χ0v) is 24.3. The third kappa shape index (κ3) is 7.55. The third-order valence-corrected chi connectivity index (χ3v) is 7.57. The summed E-state index contributed by atoms with van der Waals surface area (Å²) in [6, 6.07) is 31.4. The van der Waals surface area contributed by atoms with Crippen LogP contribution in [0.1, 0.15) is 57.5 Å². The van der Waals surface area contributed by atoms with E-state index in [1.54, 1.807) is 6.92 Å². The first-order valence-corrected chi connectivity index (χ1v) is 14.6. The first-order chi connectivity index (χ1) is 20.5. The summed E-state index contributed by atoms with van der Waals surface area (Å²) in [4.78, 5) is 11.4. The summed E-state index contributed by atoms with van der Waals surface area (Å²) >= 11 is 0. The third-order valence-electron chi connectivity index (χ3n) is 7.57. The number of fused-ring (bicyclic) bond motifs is 2. The summed E-state index contributed by atoms with van der Waals surface area (Å²) in [5, 5.41) is 9.35. The molecule has 0 aliphatic heterocycles. The van der Waals surface area contributed by atoms with Crippen molar-refractivity contribution in [3.8, 4) is 5.75 Å². The van der Waals surface area contributed by atoms with E-state index in [-0.39, 0.29) is 6.10 Å². The molecule has 0 aromatic heterocycles. The van der Waals surface area contributed by atoms with E-state index in [0.717, 1.165) is 24.0 Å². The topological polar surface area (TPSA) is 65.0 Å². The number of carbonyl (C=O) groups is 1. The number of ether oxygens (including phenoxy) is 3. The molecular formula is C37H38O5. The lowest BCUT2D eigenvalue weighted by Gasteiger charge is -2.22. The molecule has 5 rings (SSSR count). The summed E-state index contributed by atoms with van der Waals surface area (Å²) in [7, 11) is 0. The molecule has 42 heavy (non-hydrogen) atoms. The Labute approximate surface area is 248 Å². The van der Waals surface area contributed by atoms with Gasteiger partial charge in [-0.15, -0.1) is 0 Å². The number of hydrogen-bond donors (Lipinski definition) is 1. The van der Waals surface area contributed by atoms with Crippen LogP contribution < -0.4 is 4.74 Å². The second kappa shape index (κ2) is 14.1. The SMILES string of the molecule is CCOC(Cc1ccc(OCCOC2c3ccc(C)cc3C=Cc3ccc(CCc4ccccc4)cc32)cc1)C(=O)O. The molecule has 5 nitrogen and oxygen atoms in total. The number of carboxylic acids is 1. The Morgan fingerprint density at radius 1 is 0.786 bits per heavy atom. The molecule has 1 N–H and O–H groups in total. The van der Waals surface area contributed by atoms with Gasteiger partial charge in [0, 0.05) is 13.0 Å². The number of rotatable bonds is 13. The zero-order valence-electron chi connectivity index (χ0n) is 24.3. The molecule has 1 aliphatic rings. The van der Waals surface area contributed by atoms with Gasteiger partial charge in [0.15, 0.2) is 6.10 Å². The van der Waals surface area contributed by atoms with E-state index in [0.29, 0.717) is 32.0 Å². The molecule has 0 amide bonds. The van der Waals surface area contributed by atoms with Gasteiger partial charge in [-0.3, -0.25) is 0 Å². The highest BCUT2D eigenvalue weighted by Gasteiger charge is 2.23. The van der Waals surface area contributed by atoms with Gasteiger partial charge in [-0.25, -0.2) is 4.79 Å². The quantitative estimate of drug-likeness (QED) is 0.171. The molecular weight excluding hydrogens is 524 g/mol. The van der Waals surface area contributed by atoms with E-state index >= 15 is 0 Å². The predicted octanol–water partition coefficient (Wildman–Crippen LogP) is 7.48. The maximum absolute atomic E-state index is 11.4. The molecule has 5 heteroatoms. The lowest BCUT2D eigenvalue weighted by atomic mass is 9.93. The molecule has 0 fully saturated rings. The highest BCUT2D eigenvalue weighted by atomic mass is 16.5. The molecule has 0 saturated carbocycles. The van der Waals surface area contributed by atoms with Gasteiger partial charge in [-0.1, -0.05) is 96.6 Å². The van der Waals surface area contributed by atoms with E-state index in [2.05, 4.69) is 85.8 Å². The number of benzene rings is 4. The molecule has 4 aromatic rings. The van der Waals surface area contributed by atoms with Crippen molar-refractivity contribution < 1.29 is 24.1 Å². The lowest BCUT2D eigenvalue weighted by molar-refractivity contribution is -0.149. The Hall–Kier alpha value is -4.19. The van der Waals surface area contributed by atoms with Gasteiger partial charge in [0.1, 0.15) is 18.5 Å². The van der Waals surface area contributed by atoms with Crippen LogP contribution in [-0.4, -0.2) is 37.0 Å². The molecule has 216 valence electrons. The van der Waals surface area contributed by atoms with Crippen LogP contribution >= 0.6 is 0 Å². The van der Waals surface area contributed by atoms with Crippen molar-refractivity contribution in [2.45, 2.75) is 45.3 Å². The summed E-state index contributed by atoms with van der Waals surface area (Å²) in [6.07, 6.45) is 5.59. The van der Waals surface area contributed by atoms with E-state index in [4.69, 9.17) is 14.2 Å². The maximum Gasteiger partial charge on any atom is 0.333 e. The molecule has 2 unspecified atom stereocenters. The van der Waals surface area contributed by atoms with Gasteiger partial charge < -0.3 is 19.3 Å². The molecule has 0 saturated heterocycles. The molecule has 2 atom stereocenters. The Morgan fingerprint density at radius 2 is 1.52 bits per heavy atom. The molecule has 1 aliphatic carbocycles. The average Bonchev–Trinajstić information content (AvgIpc) is 3.15. The van der Waals surface area contributed by atoms with E-state index in [1.807, 2.05) is 24.3 Å². The van der Waals surface area contributed by atoms with Gasteiger partial charge >= 0.3 is 5.97 Å². The van der Waals surface area contributed by atoms with Crippen molar-refractivity contribution in [1.82, 2.24) is 0 Å². The minimum absolute atomic E-state index is 0.209. The van der Waals surface area contributed by atoms with Crippen molar-refractivity contribution in [1.29, 1.82) is 0 Å². The summed E-state index contributed by atoms with van der Waals surface area (Å²) in [5.41, 5.74) is 9.40. The smallest absolute Gasteiger partial charge is 0.333 e. The number of aliphatic carboxylic acids is 1. The normalized spacial score (nSPS) is 14.5. The van der Waals surface area contributed by atoms with E-state index in [9.17, 15) is 9.90 Å². The Kier molecular flexibility index (Phi) is 9.86. The van der Waals surface area contributed by atoms with Crippen LogP contribution in [0.5, 0.6) is 5.75 Å². The van der Waals surface area contributed by atoms with Gasteiger partial charge in [0.2, 0.25) is 0 Å². The number of aryl methyl sites for hydroxylation is 3. The standard InChI is InChI=1S/C37H38O5/c1-3-40-35(37(38)39)25-29-13-18-32(19-14-29)41-21-22-42-36-33-20-9-26(2)23-31(33)17-16-30-15-12-28(24-34(30)36)11-10-27-7-5-4-6-8-27/h4-9,12-20,23-24,35-36H,3,10-11,21-22,25H2,1-2H3,(H,38,39). The van der Waals surface area contributed by atoms with E-state index in [1.165, 1.54) is 33.4 Å². The minimum atomic E-state index is -0.954. The van der Waals surface area contributed by atoms with Crippen LogP contribution in [0.3, 0.4) is 0 Å². The van der Waals surface area contributed by atoms with Gasteiger partial charge in [-0.05, 0) is 77.8 Å². The number of carboxylic acid groups (broad SMARTS) is 1. The first-order valence-electron chi connectivity index (χ1n) is 14.6. The fourth-order valence-electron chi connectivity index (χ4n) is 5.38. The molecule has 0 spiro atoms. The maximum atomic E-state index is 11.4. The Morgan fingerprint density at radius 3 is 2.29 bits per heavy atom. The zero-order chi connectivity index (χ0) is 29.3. The van der Waals surface area contributed by atoms with Gasteiger partial charge in [-0.2, -0.15) is 0 Å². The fourth-order valence-corrected chi connectivity index (χ4v) is 5.38. The van der Waals surface area contributed by atoms with Crippen LogP contribution in [0.4, 0.5) is 0 Å².